The van der Waals surface area contributed by atoms with Gasteiger partial charge in [-0.05, 0) is 31.5 Å². The number of halogens is 3. The highest BCUT2D eigenvalue weighted by atomic mass is 19.4. The molecule has 2 N–H and O–H groups in total. The van der Waals surface area contributed by atoms with Gasteiger partial charge in [0, 0.05) is 12.2 Å². The minimum Gasteiger partial charge on any atom is -0.376 e. The van der Waals surface area contributed by atoms with Crippen LogP contribution in [-0.4, -0.2) is 19.0 Å². The molecule has 0 heterocycles. The van der Waals surface area contributed by atoms with Crippen LogP contribution in [0.25, 0.3) is 0 Å². The smallest absolute Gasteiger partial charge is 0.376 e. The van der Waals surface area contributed by atoms with E-state index in [9.17, 15) is 18.0 Å². The molecule has 0 aliphatic rings. The van der Waals surface area contributed by atoms with Crippen molar-refractivity contribution >= 4 is 11.6 Å². The molecule has 0 radical (unpaired) electrons. The number of rotatable bonds is 4. The molecule has 0 saturated heterocycles. The van der Waals surface area contributed by atoms with Gasteiger partial charge in [0.1, 0.15) is 0 Å². The minimum atomic E-state index is -4.38. The number of carbonyl (C=O) groups is 1. The monoisotopic (exact) mass is 260 g/mol. The zero-order valence-electron chi connectivity index (χ0n) is 10.2. The summed E-state index contributed by atoms with van der Waals surface area (Å²) in [4.78, 5) is 11.2. The van der Waals surface area contributed by atoms with Gasteiger partial charge in [-0.2, -0.15) is 13.2 Å². The SMILES string of the molecule is CCNC(=O)CNc1ccc(C)c(C(F)(F)F)c1. The summed E-state index contributed by atoms with van der Waals surface area (Å²) in [7, 11) is 0. The van der Waals surface area contributed by atoms with Crippen molar-refractivity contribution in [2.24, 2.45) is 0 Å². The molecule has 0 spiro atoms. The Labute approximate surface area is 103 Å². The molecule has 0 aliphatic carbocycles. The average molecular weight is 260 g/mol. The summed E-state index contributed by atoms with van der Waals surface area (Å²) in [6, 6.07) is 3.90. The molecule has 0 aliphatic heterocycles. The molecule has 6 heteroatoms. The van der Waals surface area contributed by atoms with Crippen LogP contribution in [-0.2, 0) is 11.0 Å². The fourth-order valence-electron chi connectivity index (χ4n) is 1.48. The molecule has 3 nitrogen and oxygen atoms in total. The van der Waals surface area contributed by atoms with E-state index in [4.69, 9.17) is 0 Å². The number of benzene rings is 1. The Morgan fingerprint density at radius 3 is 2.56 bits per heavy atom. The van der Waals surface area contributed by atoms with Gasteiger partial charge < -0.3 is 10.6 Å². The topological polar surface area (TPSA) is 41.1 Å². The molecule has 0 saturated carbocycles. The summed E-state index contributed by atoms with van der Waals surface area (Å²) in [6.07, 6.45) is -4.38. The average Bonchev–Trinajstić information content (AvgIpc) is 2.27. The van der Waals surface area contributed by atoms with E-state index in [-0.39, 0.29) is 23.7 Å². The van der Waals surface area contributed by atoms with Crippen LogP contribution in [0.5, 0.6) is 0 Å². The minimum absolute atomic E-state index is 0.0474. The lowest BCUT2D eigenvalue weighted by molar-refractivity contribution is -0.138. The normalized spacial score (nSPS) is 11.2. The second-order valence-corrected chi connectivity index (χ2v) is 3.83. The first-order chi connectivity index (χ1) is 8.34. The predicted octanol–water partition coefficient (Wildman–Crippen LogP) is 2.56. The first-order valence-corrected chi connectivity index (χ1v) is 5.53. The number of alkyl halides is 3. The van der Waals surface area contributed by atoms with Gasteiger partial charge in [0.05, 0.1) is 12.1 Å². The van der Waals surface area contributed by atoms with E-state index in [0.717, 1.165) is 6.07 Å². The summed E-state index contributed by atoms with van der Waals surface area (Å²) in [5.41, 5.74) is -0.256. The van der Waals surface area contributed by atoms with Crippen LogP contribution in [0.15, 0.2) is 18.2 Å². The van der Waals surface area contributed by atoms with Crippen LogP contribution in [0.2, 0.25) is 0 Å². The summed E-state index contributed by atoms with van der Waals surface area (Å²) >= 11 is 0. The third-order valence-electron chi connectivity index (χ3n) is 2.37. The van der Waals surface area contributed by atoms with Gasteiger partial charge in [0.25, 0.3) is 0 Å². The fourth-order valence-corrected chi connectivity index (χ4v) is 1.48. The van der Waals surface area contributed by atoms with E-state index in [1.807, 2.05) is 0 Å². The number of hydrogen-bond acceptors (Lipinski definition) is 2. The number of carbonyl (C=O) groups excluding carboxylic acids is 1. The van der Waals surface area contributed by atoms with Crippen molar-refractivity contribution in [3.8, 4) is 0 Å². The molecule has 1 rings (SSSR count). The second kappa shape index (κ2) is 5.75. The van der Waals surface area contributed by atoms with Gasteiger partial charge in [0.2, 0.25) is 5.91 Å². The predicted molar refractivity (Wildman–Crippen MR) is 63.4 cm³/mol. The summed E-state index contributed by atoms with van der Waals surface area (Å²) in [6.45, 7) is 3.61. The van der Waals surface area contributed by atoms with E-state index in [0.29, 0.717) is 6.54 Å². The first-order valence-electron chi connectivity index (χ1n) is 5.53. The Balaban J connectivity index is 2.77. The fraction of sp³-hybridized carbons (Fsp3) is 0.417. The van der Waals surface area contributed by atoms with Crippen molar-refractivity contribution in [2.75, 3.05) is 18.4 Å². The Morgan fingerprint density at radius 1 is 1.33 bits per heavy atom. The first kappa shape index (κ1) is 14.3. The Bertz CT molecular complexity index is 430. The van der Waals surface area contributed by atoms with Crippen LogP contribution >= 0.6 is 0 Å². The molecule has 0 bridgehead atoms. The lowest BCUT2D eigenvalue weighted by Gasteiger charge is -2.13. The highest BCUT2D eigenvalue weighted by Crippen LogP contribution is 2.33. The van der Waals surface area contributed by atoms with Crippen molar-refractivity contribution < 1.29 is 18.0 Å². The van der Waals surface area contributed by atoms with E-state index < -0.39 is 11.7 Å². The van der Waals surface area contributed by atoms with Crippen LogP contribution in [0.1, 0.15) is 18.1 Å². The standard InChI is InChI=1S/C12H15F3N2O/c1-3-16-11(18)7-17-9-5-4-8(2)10(6-9)12(13,14)15/h4-6,17H,3,7H2,1-2H3,(H,16,18). The van der Waals surface area contributed by atoms with Gasteiger partial charge >= 0.3 is 6.18 Å². The van der Waals surface area contributed by atoms with Crippen LogP contribution in [0, 0.1) is 6.92 Å². The van der Waals surface area contributed by atoms with Crippen LogP contribution in [0.3, 0.4) is 0 Å². The Hall–Kier alpha value is -1.72. The van der Waals surface area contributed by atoms with E-state index >= 15 is 0 Å². The van der Waals surface area contributed by atoms with Gasteiger partial charge in [0.15, 0.2) is 0 Å². The Morgan fingerprint density at radius 2 is 2.00 bits per heavy atom. The van der Waals surface area contributed by atoms with E-state index in [1.54, 1.807) is 6.92 Å². The maximum atomic E-state index is 12.6. The van der Waals surface area contributed by atoms with Crippen LogP contribution in [0.4, 0.5) is 18.9 Å². The number of anilines is 1. The summed E-state index contributed by atoms with van der Waals surface area (Å²) in [5, 5.41) is 5.21. The maximum Gasteiger partial charge on any atom is 0.416 e. The lowest BCUT2D eigenvalue weighted by Crippen LogP contribution is -2.29. The third-order valence-corrected chi connectivity index (χ3v) is 2.37. The molecule has 100 valence electrons. The molecule has 0 unspecified atom stereocenters. The van der Waals surface area contributed by atoms with Crippen molar-refractivity contribution in [1.82, 2.24) is 5.32 Å². The van der Waals surface area contributed by atoms with Gasteiger partial charge in [-0.3, -0.25) is 4.79 Å². The van der Waals surface area contributed by atoms with E-state index in [1.165, 1.54) is 19.1 Å². The lowest BCUT2D eigenvalue weighted by atomic mass is 10.1. The largest absolute Gasteiger partial charge is 0.416 e. The molecular formula is C12H15F3N2O. The van der Waals surface area contributed by atoms with Crippen LogP contribution < -0.4 is 10.6 Å². The molecule has 0 aromatic heterocycles. The van der Waals surface area contributed by atoms with Crippen molar-refractivity contribution in [1.29, 1.82) is 0 Å². The highest BCUT2D eigenvalue weighted by Gasteiger charge is 2.32. The molecule has 0 fully saturated rings. The number of amides is 1. The zero-order chi connectivity index (χ0) is 13.8. The highest BCUT2D eigenvalue weighted by molar-refractivity contribution is 5.80. The number of nitrogens with one attached hydrogen (secondary N) is 2. The summed E-state index contributed by atoms with van der Waals surface area (Å²) in [5.74, 6) is -0.258. The molecule has 1 aromatic rings. The third kappa shape index (κ3) is 3.94. The number of likely N-dealkylation sites (N-methyl/N-ethyl adjacent to an activating group) is 1. The zero-order valence-corrected chi connectivity index (χ0v) is 10.2. The maximum absolute atomic E-state index is 12.6. The second-order valence-electron chi connectivity index (χ2n) is 3.83. The van der Waals surface area contributed by atoms with Gasteiger partial charge in [-0.25, -0.2) is 0 Å². The molecule has 0 atom stereocenters. The van der Waals surface area contributed by atoms with Gasteiger partial charge in [-0.1, -0.05) is 6.07 Å². The molecule has 18 heavy (non-hydrogen) atoms. The Kier molecular flexibility index (Phi) is 4.58. The quantitative estimate of drug-likeness (QED) is 0.873. The molecular weight excluding hydrogens is 245 g/mol. The van der Waals surface area contributed by atoms with Crippen molar-refractivity contribution in [3.63, 3.8) is 0 Å². The van der Waals surface area contributed by atoms with Crippen molar-refractivity contribution in [2.45, 2.75) is 20.0 Å². The summed E-state index contributed by atoms with van der Waals surface area (Å²) < 4.78 is 37.9. The molecule has 1 aromatic carbocycles. The van der Waals surface area contributed by atoms with Crippen molar-refractivity contribution in [3.05, 3.63) is 29.3 Å². The van der Waals surface area contributed by atoms with Gasteiger partial charge in [-0.15, -0.1) is 0 Å². The number of aryl methyl sites for hydroxylation is 1. The molecule has 1 amide bonds. The van der Waals surface area contributed by atoms with E-state index in [2.05, 4.69) is 10.6 Å². The number of hydrogen-bond donors (Lipinski definition) is 2.